The summed E-state index contributed by atoms with van der Waals surface area (Å²) in [6, 6.07) is 5.51. The van der Waals surface area contributed by atoms with Gasteiger partial charge in [-0.1, -0.05) is 36.4 Å². The van der Waals surface area contributed by atoms with Crippen molar-refractivity contribution in [3.63, 3.8) is 0 Å². The smallest absolute Gasteiger partial charge is 0.305 e. The lowest BCUT2D eigenvalue weighted by Gasteiger charge is -2.39. The molecule has 178 valence electrons. The molecule has 0 spiro atoms. The molecular formula is C23H24N4O7. The largest absolute Gasteiger partial charge is 0.481 e. The molecule has 0 radical (unpaired) electrons. The summed E-state index contributed by atoms with van der Waals surface area (Å²) in [6.07, 6.45) is 5.44. The second-order valence-corrected chi connectivity index (χ2v) is 7.75. The maximum atomic E-state index is 13.3. The molecule has 34 heavy (non-hydrogen) atoms. The Labute approximate surface area is 195 Å². The number of carbonyl (C=O) groups is 6. The van der Waals surface area contributed by atoms with Crippen molar-refractivity contribution in [3.05, 3.63) is 54.2 Å². The van der Waals surface area contributed by atoms with Crippen LogP contribution < -0.4 is 10.6 Å². The van der Waals surface area contributed by atoms with Crippen LogP contribution in [0.4, 0.5) is 0 Å². The highest BCUT2D eigenvalue weighted by Crippen LogP contribution is 2.24. The first-order valence-electron chi connectivity index (χ1n) is 10.6. The van der Waals surface area contributed by atoms with E-state index in [9.17, 15) is 28.8 Å². The fourth-order valence-electron chi connectivity index (χ4n) is 3.65. The van der Waals surface area contributed by atoms with Gasteiger partial charge in [0.15, 0.2) is 0 Å². The van der Waals surface area contributed by atoms with E-state index in [4.69, 9.17) is 5.11 Å². The van der Waals surface area contributed by atoms with Gasteiger partial charge in [-0.2, -0.15) is 0 Å². The van der Waals surface area contributed by atoms with E-state index in [2.05, 4.69) is 10.6 Å². The molecule has 1 saturated heterocycles. The average Bonchev–Trinajstić information content (AvgIpc) is 2.94. The molecule has 3 N–H and O–H groups in total. The van der Waals surface area contributed by atoms with E-state index in [1.165, 1.54) is 18.4 Å². The van der Waals surface area contributed by atoms with Crippen molar-refractivity contribution in [1.29, 1.82) is 0 Å². The molecule has 11 heteroatoms. The SMILES string of the molecule is O=C[C@H](CC(=O)O)NC(=O)[C@@H]1CC=CN2C(=O)CC[C@H](NC(=O)C=Cc3ccccc3)C(=O)N12. The minimum absolute atomic E-state index is 0.0355. The predicted octanol–water partition coefficient (Wildman–Crippen LogP) is -0.00500. The summed E-state index contributed by atoms with van der Waals surface area (Å²) in [4.78, 5) is 73.2. The zero-order valence-electron chi connectivity index (χ0n) is 18.1. The molecule has 1 fully saturated rings. The Morgan fingerprint density at radius 2 is 1.91 bits per heavy atom. The Morgan fingerprint density at radius 1 is 1.18 bits per heavy atom. The quantitative estimate of drug-likeness (QED) is 0.358. The summed E-state index contributed by atoms with van der Waals surface area (Å²) >= 11 is 0. The maximum Gasteiger partial charge on any atom is 0.305 e. The van der Waals surface area contributed by atoms with E-state index >= 15 is 0 Å². The fraction of sp³-hybridized carbons (Fsp3) is 0.304. The van der Waals surface area contributed by atoms with Crippen LogP contribution >= 0.6 is 0 Å². The van der Waals surface area contributed by atoms with Crippen LogP contribution in [0, 0.1) is 0 Å². The van der Waals surface area contributed by atoms with E-state index in [1.807, 2.05) is 18.2 Å². The summed E-state index contributed by atoms with van der Waals surface area (Å²) in [6.45, 7) is 0. The van der Waals surface area contributed by atoms with Gasteiger partial charge in [0, 0.05) is 18.7 Å². The highest BCUT2D eigenvalue weighted by atomic mass is 16.4. The van der Waals surface area contributed by atoms with Gasteiger partial charge in [0.25, 0.3) is 5.91 Å². The van der Waals surface area contributed by atoms with Crippen molar-refractivity contribution in [2.75, 3.05) is 0 Å². The molecule has 1 aromatic rings. The van der Waals surface area contributed by atoms with Crippen LogP contribution in [-0.4, -0.2) is 69.1 Å². The van der Waals surface area contributed by atoms with Crippen LogP contribution in [0.25, 0.3) is 6.08 Å². The Morgan fingerprint density at radius 3 is 2.59 bits per heavy atom. The van der Waals surface area contributed by atoms with Gasteiger partial charge in [-0.3, -0.25) is 24.0 Å². The first kappa shape index (κ1) is 24.4. The van der Waals surface area contributed by atoms with E-state index in [0.717, 1.165) is 15.6 Å². The summed E-state index contributed by atoms with van der Waals surface area (Å²) < 4.78 is 0. The van der Waals surface area contributed by atoms with Crippen LogP contribution in [0.5, 0.6) is 0 Å². The monoisotopic (exact) mass is 468 g/mol. The van der Waals surface area contributed by atoms with Gasteiger partial charge in [0.2, 0.25) is 17.7 Å². The number of hydrogen-bond acceptors (Lipinski definition) is 6. The lowest BCUT2D eigenvalue weighted by molar-refractivity contribution is -0.166. The summed E-state index contributed by atoms with van der Waals surface area (Å²) in [5.74, 6) is -3.73. The van der Waals surface area contributed by atoms with Crippen LogP contribution in [0.3, 0.4) is 0 Å². The van der Waals surface area contributed by atoms with Crippen molar-refractivity contribution in [2.24, 2.45) is 0 Å². The normalized spacial score (nSPS) is 20.9. The molecule has 2 aliphatic heterocycles. The molecule has 1 aromatic carbocycles. The zero-order chi connectivity index (χ0) is 24.7. The number of nitrogens with one attached hydrogen (secondary N) is 2. The van der Waals surface area contributed by atoms with Crippen molar-refractivity contribution in [1.82, 2.24) is 20.7 Å². The van der Waals surface area contributed by atoms with E-state index in [1.54, 1.807) is 18.2 Å². The van der Waals surface area contributed by atoms with E-state index in [0.29, 0.717) is 6.29 Å². The second-order valence-electron chi connectivity index (χ2n) is 7.75. The molecule has 11 nitrogen and oxygen atoms in total. The Bertz CT molecular complexity index is 1040. The number of aldehydes is 1. The number of carboxylic acid groups (broad SMARTS) is 1. The molecule has 0 bridgehead atoms. The highest BCUT2D eigenvalue weighted by Gasteiger charge is 2.43. The molecule has 0 saturated carbocycles. The molecule has 2 heterocycles. The molecule has 4 amide bonds. The number of aliphatic carboxylic acids is 1. The average molecular weight is 468 g/mol. The van der Waals surface area contributed by atoms with Gasteiger partial charge in [-0.05, 0) is 24.5 Å². The molecule has 0 unspecified atom stereocenters. The van der Waals surface area contributed by atoms with Crippen molar-refractivity contribution < 1.29 is 33.9 Å². The molecule has 0 aliphatic carbocycles. The topological polar surface area (TPSA) is 153 Å². The number of hydrazine groups is 1. The number of benzene rings is 1. The van der Waals surface area contributed by atoms with Gasteiger partial charge in [0.1, 0.15) is 18.4 Å². The maximum absolute atomic E-state index is 13.3. The number of carboxylic acids is 1. The van der Waals surface area contributed by atoms with Gasteiger partial charge in [0.05, 0.1) is 12.5 Å². The number of fused-ring (bicyclic) bond motifs is 1. The van der Waals surface area contributed by atoms with Crippen molar-refractivity contribution >= 4 is 42.0 Å². The van der Waals surface area contributed by atoms with Crippen molar-refractivity contribution in [3.8, 4) is 0 Å². The Kier molecular flexibility index (Phi) is 7.91. The fourth-order valence-corrected chi connectivity index (χ4v) is 3.65. The van der Waals surface area contributed by atoms with Crippen LogP contribution in [0.2, 0.25) is 0 Å². The molecular weight excluding hydrogens is 444 g/mol. The van der Waals surface area contributed by atoms with Gasteiger partial charge >= 0.3 is 5.97 Å². The molecule has 3 rings (SSSR count). The minimum Gasteiger partial charge on any atom is -0.481 e. The Hall–Kier alpha value is -4.28. The lowest BCUT2D eigenvalue weighted by Crippen LogP contribution is -2.61. The summed E-state index contributed by atoms with van der Waals surface area (Å²) in [7, 11) is 0. The second kappa shape index (κ2) is 11.0. The molecule has 2 aliphatic rings. The summed E-state index contributed by atoms with van der Waals surface area (Å²) in [5.41, 5.74) is 0.787. The highest BCUT2D eigenvalue weighted by molar-refractivity contribution is 5.99. The number of rotatable bonds is 8. The predicted molar refractivity (Wildman–Crippen MR) is 118 cm³/mol. The minimum atomic E-state index is -1.29. The third kappa shape index (κ3) is 5.94. The van der Waals surface area contributed by atoms with Crippen LogP contribution in [0.1, 0.15) is 31.2 Å². The standard InChI is InChI=1S/C23H24N4O7/c28-14-16(13-21(31)32)24-22(33)18-7-4-12-26-20(30)11-9-17(23(34)27(18)26)25-19(29)10-8-15-5-2-1-3-6-15/h1-6,8,10,12,14,16-18H,7,9,11,13H2,(H,24,33)(H,25,29)(H,31,32)/t16-,17-,18-/m0/s1. The third-order valence-electron chi connectivity index (χ3n) is 5.29. The molecule has 3 atom stereocenters. The lowest BCUT2D eigenvalue weighted by atomic mass is 10.1. The van der Waals surface area contributed by atoms with E-state index in [-0.39, 0.29) is 19.3 Å². The molecule has 0 aromatic heterocycles. The first-order valence-corrected chi connectivity index (χ1v) is 10.6. The van der Waals surface area contributed by atoms with Crippen LogP contribution in [0.15, 0.2) is 48.7 Å². The first-order chi connectivity index (χ1) is 16.3. The zero-order valence-corrected chi connectivity index (χ0v) is 18.1. The number of carbonyl (C=O) groups excluding carboxylic acids is 5. The van der Waals surface area contributed by atoms with Crippen molar-refractivity contribution in [2.45, 2.75) is 43.8 Å². The number of hydrogen-bond donors (Lipinski definition) is 3. The van der Waals surface area contributed by atoms with Crippen LogP contribution in [-0.2, 0) is 28.8 Å². The van der Waals surface area contributed by atoms with Gasteiger partial charge in [-0.25, -0.2) is 10.0 Å². The number of amides is 4. The Balaban J connectivity index is 1.76. The summed E-state index contributed by atoms with van der Waals surface area (Å²) in [5, 5.41) is 15.8. The number of nitrogens with zero attached hydrogens (tertiary/aromatic N) is 2. The third-order valence-corrected chi connectivity index (χ3v) is 5.29. The van der Waals surface area contributed by atoms with Gasteiger partial charge < -0.3 is 20.5 Å². The van der Waals surface area contributed by atoms with Gasteiger partial charge in [-0.15, -0.1) is 0 Å². The van der Waals surface area contributed by atoms with E-state index < -0.39 is 54.1 Å².